The van der Waals surface area contributed by atoms with Crippen molar-refractivity contribution in [3.05, 3.63) is 30.2 Å². The summed E-state index contributed by atoms with van der Waals surface area (Å²) < 4.78 is 1.77. The summed E-state index contributed by atoms with van der Waals surface area (Å²) in [7, 11) is 0. The van der Waals surface area contributed by atoms with E-state index in [2.05, 4.69) is 16.5 Å². The number of hydrogen-bond donors (Lipinski definition) is 0. The highest BCUT2D eigenvalue weighted by Gasteiger charge is 1.92. The summed E-state index contributed by atoms with van der Waals surface area (Å²) in [6, 6.07) is 3.91. The van der Waals surface area contributed by atoms with Gasteiger partial charge in [0.05, 0.1) is 0 Å². The molecule has 0 saturated heterocycles. The second-order valence-electron chi connectivity index (χ2n) is 2.23. The molecule has 2 heterocycles. The van der Waals surface area contributed by atoms with Crippen LogP contribution in [0.1, 0.15) is 5.56 Å². The molecule has 0 bridgehead atoms. The molecule has 0 aliphatic heterocycles. The lowest BCUT2D eigenvalue weighted by atomic mass is 10.3. The van der Waals surface area contributed by atoms with E-state index in [1.807, 2.05) is 25.3 Å². The molecule has 49 valence electrons. The van der Waals surface area contributed by atoms with Crippen LogP contribution in [0, 0.1) is 13.3 Å². The number of pyridine rings is 1. The van der Waals surface area contributed by atoms with Crippen LogP contribution in [-0.4, -0.2) is 14.6 Å². The maximum atomic E-state index is 3.82. The quantitative estimate of drug-likeness (QED) is 0.531. The Morgan fingerprint density at radius 2 is 2.40 bits per heavy atom. The van der Waals surface area contributed by atoms with Crippen LogP contribution in [0.15, 0.2) is 18.3 Å². The number of nitrogens with zero attached hydrogens (tertiary/aromatic N) is 3. The number of hydrogen-bond acceptors (Lipinski definition) is 2. The van der Waals surface area contributed by atoms with Crippen molar-refractivity contribution in [3.63, 3.8) is 0 Å². The Balaban J connectivity index is 2.86. The van der Waals surface area contributed by atoms with E-state index in [0.717, 1.165) is 5.65 Å². The summed E-state index contributed by atoms with van der Waals surface area (Å²) in [6.45, 7) is 2.02. The predicted octanol–water partition coefficient (Wildman–Crippen LogP) is 0.838. The lowest BCUT2D eigenvalue weighted by Crippen LogP contribution is -1.82. The molecule has 0 aromatic carbocycles. The number of rotatable bonds is 0. The van der Waals surface area contributed by atoms with Gasteiger partial charge in [0, 0.05) is 6.20 Å². The van der Waals surface area contributed by atoms with Gasteiger partial charge < -0.3 is 0 Å². The standard InChI is InChI=1S/C7H6N3/c1-6-2-3-7-9-8-5-10(7)4-6/h2-4H,1H3. The summed E-state index contributed by atoms with van der Waals surface area (Å²) in [5.41, 5.74) is 2.02. The number of aromatic nitrogens is 3. The van der Waals surface area contributed by atoms with Crippen molar-refractivity contribution < 1.29 is 0 Å². The van der Waals surface area contributed by atoms with E-state index in [1.165, 1.54) is 5.56 Å². The first-order valence-corrected chi connectivity index (χ1v) is 3.05. The Labute approximate surface area is 58.3 Å². The van der Waals surface area contributed by atoms with Gasteiger partial charge in [-0.15, -0.1) is 10.2 Å². The van der Waals surface area contributed by atoms with Gasteiger partial charge in [-0.25, -0.2) is 0 Å². The average Bonchev–Trinajstić information content (AvgIpc) is 2.33. The van der Waals surface area contributed by atoms with Gasteiger partial charge in [-0.05, 0) is 18.6 Å². The first-order chi connectivity index (χ1) is 4.86. The highest BCUT2D eigenvalue weighted by atomic mass is 15.2. The van der Waals surface area contributed by atoms with Crippen molar-refractivity contribution in [3.8, 4) is 0 Å². The van der Waals surface area contributed by atoms with Crippen molar-refractivity contribution in [1.82, 2.24) is 14.6 Å². The molecule has 0 aliphatic rings. The molecule has 2 aromatic heterocycles. The van der Waals surface area contributed by atoms with Gasteiger partial charge in [-0.3, -0.25) is 4.40 Å². The van der Waals surface area contributed by atoms with Gasteiger partial charge in [0.1, 0.15) is 0 Å². The molecule has 3 nitrogen and oxygen atoms in total. The van der Waals surface area contributed by atoms with Crippen LogP contribution >= 0.6 is 0 Å². The van der Waals surface area contributed by atoms with Crippen LogP contribution in [0.3, 0.4) is 0 Å². The van der Waals surface area contributed by atoms with Crippen molar-refractivity contribution in [2.45, 2.75) is 6.92 Å². The fourth-order valence-electron chi connectivity index (χ4n) is 0.882. The largest absolute Gasteiger partial charge is 0.279 e. The first kappa shape index (κ1) is 5.41. The van der Waals surface area contributed by atoms with Crippen molar-refractivity contribution in [2.24, 2.45) is 0 Å². The predicted molar refractivity (Wildman–Crippen MR) is 36.6 cm³/mol. The van der Waals surface area contributed by atoms with Crippen LogP contribution in [0.5, 0.6) is 0 Å². The molecule has 1 radical (unpaired) electrons. The fourth-order valence-corrected chi connectivity index (χ4v) is 0.882. The lowest BCUT2D eigenvalue weighted by Gasteiger charge is -1.90. The van der Waals surface area contributed by atoms with E-state index < -0.39 is 0 Å². The molecule has 0 unspecified atom stereocenters. The van der Waals surface area contributed by atoms with Crippen LogP contribution in [-0.2, 0) is 0 Å². The van der Waals surface area contributed by atoms with E-state index in [1.54, 1.807) is 4.40 Å². The maximum absolute atomic E-state index is 3.82. The molecule has 0 spiro atoms. The summed E-state index contributed by atoms with van der Waals surface area (Å²) in [5.74, 6) is 0. The highest BCUT2D eigenvalue weighted by molar-refractivity contribution is 5.36. The van der Waals surface area contributed by atoms with Gasteiger partial charge >= 0.3 is 0 Å². The average molecular weight is 132 g/mol. The van der Waals surface area contributed by atoms with E-state index >= 15 is 0 Å². The van der Waals surface area contributed by atoms with Gasteiger partial charge in [0.15, 0.2) is 5.65 Å². The van der Waals surface area contributed by atoms with Crippen molar-refractivity contribution in [1.29, 1.82) is 0 Å². The van der Waals surface area contributed by atoms with E-state index in [-0.39, 0.29) is 0 Å². The second kappa shape index (κ2) is 1.80. The molecular formula is C7H6N3. The number of fused-ring (bicyclic) bond motifs is 1. The van der Waals surface area contributed by atoms with Crippen molar-refractivity contribution >= 4 is 5.65 Å². The minimum absolute atomic E-state index is 0.839. The molecule has 0 atom stereocenters. The number of aryl methyl sites for hydroxylation is 1. The Hall–Kier alpha value is -1.38. The normalized spacial score (nSPS) is 10.5. The lowest BCUT2D eigenvalue weighted by molar-refractivity contribution is 1.08. The van der Waals surface area contributed by atoms with Crippen LogP contribution < -0.4 is 0 Å². The first-order valence-electron chi connectivity index (χ1n) is 3.05. The summed E-state index contributed by atoms with van der Waals surface area (Å²) in [4.78, 5) is 0. The van der Waals surface area contributed by atoms with Crippen LogP contribution in [0.25, 0.3) is 5.65 Å². The minimum Gasteiger partial charge on any atom is -0.279 e. The summed E-state index contributed by atoms with van der Waals surface area (Å²) in [6.07, 6.45) is 4.66. The van der Waals surface area contributed by atoms with E-state index in [9.17, 15) is 0 Å². The SMILES string of the molecule is Cc1ccc2nn[c]n2c1. The fraction of sp³-hybridized carbons (Fsp3) is 0.143. The van der Waals surface area contributed by atoms with Gasteiger partial charge in [0.2, 0.25) is 6.33 Å². The molecule has 0 aliphatic carbocycles. The Morgan fingerprint density at radius 1 is 1.50 bits per heavy atom. The topological polar surface area (TPSA) is 30.2 Å². The molecule has 0 fully saturated rings. The molecule has 10 heavy (non-hydrogen) atoms. The molecular weight excluding hydrogens is 126 g/mol. The summed E-state index contributed by atoms with van der Waals surface area (Å²) in [5, 5.41) is 7.45. The Morgan fingerprint density at radius 3 is 3.30 bits per heavy atom. The zero-order valence-corrected chi connectivity index (χ0v) is 5.57. The highest BCUT2D eigenvalue weighted by Crippen LogP contribution is 2.00. The van der Waals surface area contributed by atoms with Crippen molar-refractivity contribution in [2.75, 3.05) is 0 Å². The van der Waals surface area contributed by atoms with E-state index in [4.69, 9.17) is 0 Å². The molecule has 0 amide bonds. The van der Waals surface area contributed by atoms with Gasteiger partial charge in [-0.1, -0.05) is 6.07 Å². The third-order valence-corrected chi connectivity index (χ3v) is 1.38. The molecule has 0 N–H and O–H groups in total. The minimum atomic E-state index is 0.839. The smallest absolute Gasteiger partial charge is 0.206 e. The second-order valence-corrected chi connectivity index (χ2v) is 2.23. The molecule has 3 heteroatoms. The van der Waals surface area contributed by atoms with Gasteiger partial charge in [-0.2, -0.15) is 0 Å². The Kier molecular flexibility index (Phi) is 0.974. The zero-order chi connectivity index (χ0) is 6.97. The zero-order valence-electron chi connectivity index (χ0n) is 5.57. The molecule has 0 saturated carbocycles. The van der Waals surface area contributed by atoms with Crippen LogP contribution in [0.4, 0.5) is 0 Å². The monoisotopic (exact) mass is 132 g/mol. The molecule has 2 rings (SSSR count). The molecule has 2 aromatic rings. The van der Waals surface area contributed by atoms with Gasteiger partial charge in [0.25, 0.3) is 0 Å². The maximum Gasteiger partial charge on any atom is 0.206 e. The van der Waals surface area contributed by atoms with E-state index in [0.29, 0.717) is 0 Å². The Bertz CT molecular complexity index is 350. The third-order valence-electron chi connectivity index (χ3n) is 1.38. The summed E-state index contributed by atoms with van der Waals surface area (Å²) >= 11 is 0. The third kappa shape index (κ3) is 0.673. The van der Waals surface area contributed by atoms with Crippen LogP contribution in [0.2, 0.25) is 0 Å².